The molecule has 3 heterocycles. The van der Waals surface area contributed by atoms with Gasteiger partial charge in [0.25, 0.3) is 0 Å². The average molecular weight is 466 g/mol. The molecule has 184 valence electrons. The van der Waals surface area contributed by atoms with Crippen LogP contribution in [0.2, 0.25) is 0 Å². The van der Waals surface area contributed by atoms with Crippen LogP contribution in [-0.2, 0) is 9.47 Å². The predicted molar refractivity (Wildman–Crippen MR) is 120 cm³/mol. The van der Waals surface area contributed by atoms with Crippen LogP contribution in [0.15, 0.2) is 18.3 Å². The maximum absolute atomic E-state index is 11.7. The number of ether oxygens (including phenoxy) is 3. The molecule has 2 fully saturated rings. The van der Waals surface area contributed by atoms with Crippen molar-refractivity contribution in [3.63, 3.8) is 0 Å². The fourth-order valence-electron chi connectivity index (χ4n) is 2.96. The molecule has 0 bridgehead atoms. The molecule has 0 saturated carbocycles. The first-order valence-electron chi connectivity index (χ1n) is 10.9. The van der Waals surface area contributed by atoms with Gasteiger partial charge in [0, 0.05) is 25.4 Å². The van der Waals surface area contributed by atoms with E-state index in [9.17, 15) is 14.4 Å². The van der Waals surface area contributed by atoms with E-state index in [-0.39, 0.29) is 29.6 Å². The Morgan fingerprint density at radius 1 is 0.939 bits per heavy atom. The largest absolute Gasteiger partial charge is 0.487 e. The smallest absolute Gasteiger partial charge is 0.410 e. The minimum Gasteiger partial charge on any atom is -0.487 e. The molecule has 1 aromatic rings. The minimum absolute atomic E-state index is 0.0733. The van der Waals surface area contributed by atoms with Crippen LogP contribution < -0.4 is 4.74 Å². The molecular weight excluding hydrogens is 430 g/mol. The van der Waals surface area contributed by atoms with E-state index in [4.69, 9.17) is 19.3 Å². The van der Waals surface area contributed by atoms with Gasteiger partial charge in [-0.25, -0.2) is 19.4 Å². The van der Waals surface area contributed by atoms with E-state index in [0.29, 0.717) is 24.8 Å². The molecule has 1 aromatic heterocycles. The second-order valence-corrected chi connectivity index (χ2v) is 10.3. The van der Waals surface area contributed by atoms with Crippen molar-refractivity contribution in [1.29, 1.82) is 0 Å². The molecule has 2 aliphatic heterocycles. The number of carbonyl (C=O) groups is 3. The number of hydrogen-bond donors (Lipinski definition) is 1. The Kier molecular flexibility index (Phi) is 8.16. The summed E-state index contributed by atoms with van der Waals surface area (Å²) in [7, 11) is 0. The van der Waals surface area contributed by atoms with Crippen molar-refractivity contribution < 1.29 is 33.7 Å². The molecule has 0 unspecified atom stereocenters. The molecule has 2 amide bonds. The molecule has 0 atom stereocenters. The minimum atomic E-state index is -1.11. The van der Waals surface area contributed by atoms with Crippen molar-refractivity contribution >= 4 is 18.2 Å². The van der Waals surface area contributed by atoms with Crippen LogP contribution in [0.5, 0.6) is 5.75 Å². The van der Waals surface area contributed by atoms with E-state index >= 15 is 0 Å². The van der Waals surface area contributed by atoms with Gasteiger partial charge >= 0.3 is 18.2 Å². The Labute approximate surface area is 194 Å². The molecule has 0 radical (unpaired) electrons. The van der Waals surface area contributed by atoms with E-state index < -0.39 is 11.6 Å². The summed E-state index contributed by atoms with van der Waals surface area (Å²) < 4.78 is 16.0. The summed E-state index contributed by atoms with van der Waals surface area (Å²) in [5.74, 6) is -0.0433. The molecule has 2 aliphatic rings. The van der Waals surface area contributed by atoms with Crippen LogP contribution in [0, 0.1) is 5.92 Å². The van der Waals surface area contributed by atoms with Crippen molar-refractivity contribution in [3.8, 4) is 5.75 Å². The van der Waals surface area contributed by atoms with Crippen LogP contribution in [0.3, 0.4) is 0 Å². The SMILES string of the molecule is CC(C)(C)OC(=O)N1CC(Oc2ccnc(C(=O)O)c2)C1.CC1CN(C(=O)OC(C)(C)C)C1. The third-order valence-electron chi connectivity index (χ3n) is 4.47. The highest BCUT2D eigenvalue weighted by atomic mass is 16.6. The Balaban J connectivity index is 0.000000273. The van der Waals surface area contributed by atoms with E-state index in [1.54, 1.807) is 11.0 Å². The highest BCUT2D eigenvalue weighted by molar-refractivity contribution is 5.85. The summed E-state index contributed by atoms with van der Waals surface area (Å²) in [5.41, 5.74) is -0.962. The number of hydrogen-bond acceptors (Lipinski definition) is 7. The summed E-state index contributed by atoms with van der Waals surface area (Å²) in [5, 5.41) is 8.85. The number of pyridine rings is 1. The lowest BCUT2D eigenvalue weighted by Crippen LogP contribution is -2.57. The lowest BCUT2D eigenvalue weighted by molar-refractivity contribution is -0.0221. The molecule has 10 heteroatoms. The Morgan fingerprint density at radius 2 is 1.42 bits per heavy atom. The molecule has 0 aliphatic carbocycles. The number of rotatable bonds is 3. The second-order valence-electron chi connectivity index (χ2n) is 10.3. The number of carbonyl (C=O) groups excluding carboxylic acids is 2. The summed E-state index contributed by atoms with van der Waals surface area (Å²) in [6.07, 6.45) is 0.661. The van der Waals surface area contributed by atoms with Crippen molar-refractivity contribution in [2.45, 2.75) is 65.8 Å². The highest BCUT2D eigenvalue weighted by Gasteiger charge is 2.35. The molecule has 3 rings (SSSR count). The Bertz CT molecular complexity index is 848. The quantitative estimate of drug-likeness (QED) is 0.719. The Hall–Kier alpha value is -3.04. The van der Waals surface area contributed by atoms with Crippen molar-refractivity contribution in [3.05, 3.63) is 24.0 Å². The standard InChI is InChI=1S/C14H18N2O5.C9H17NO2/c1-14(2,3)21-13(19)16-7-10(8-16)20-9-4-5-15-11(6-9)12(17)18;1-7-5-10(6-7)8(11)12-9(2,3)4/h4-6,10H,7-8H2,1-3H3,(H,17,18);7H,5-6H2,1-4H3. The number of aromatic nitrogens is 1. The van der Waals surface area contributed by atoms with E-state index in [0.717, 1.165) is 13.1 Å². The van der Waals surface area contributed by atoms with Crippen LogP contribution >= 0.6 is 0 Å². The molecule has 33 heavy (non-hydrogen) atoms. The van der Waals surface area contributed by atoms with Crippen LogP contribution in [0.25, 0.3) is 0 Å². The zero-order chi connectivity index (χ0) is 25.0. The fourth-order valence-corrected chi connectivity index (χ4v) is 2.96. The number of aromatic carboxylic acids is 1. The first kappa shape index (κ1) is 26.2. The number of carboxylic acids is 1. The number of carboxylic acid groups (broad SMARTS) is 1. The zero-order valence-corrected chi connectivity index (χ0v) is 20.5. The number of nitrogens with zero attached hydrogens (tertiary/aromatic N) is 3. The van der Waals surface area contributed by atoms with Gasteiger partial charge in [-0.1, -0.05) is 6.92 Å². The van der Waals surface area contributed by atoms with Gasteiger partial charge in [0.05, 0.1) is 13.1 Å². The zero-order valence-electron chi connectivity index (χ0n) is 20.5. The van der Waals surface area contributed by atoms with Gasteiger partial charge in [-0.05, 0) is 53.5 Å². The van der Waals surface area contributed by atoms with Gasteiger partial charge in [0.2, 0.25) is 0 Å². The van der Waals surface area contributed by atoms with E-state index in [1.807, 2.05) is 41.5 Å². The lowest BCUT2D eigenvalue weighted by atomic mass is 10.0. The van der Waals surface area contributed by atoms with Crippen molar-refractivity contribution in [1.82, 2.24) is 14.8 Å². The molecule has 2 saturated heterocycles. The van der Waals surface area contributed by atoms with E-state index in [2.05, 4.69) is 11.9 Å². The van der Waals surface area contributed by atoms with Gasteiger partial charge < -0.3 is 29.1 Å². The summed E-state index contributed by atoms with van der Waals surface area (Å²) in [6.45, 7) is 15.7. The molecule has 0 spiro atoms. The Morgan fingerprint density at radius 3 is 1.85 bits per heavy atom. The number of amides is 2. The number of likely N-dealkylation sites (tertiary alicyclic amines) is 2. The van der Waals surface area contributed by atoms with Crippen molar-refractivity contribution in [2.75, 3.05) is 26.2 Å². The van der Waals surface area contributed by atoms with Crippen LogP contribution in [-0.4, -0.2) is 81.5 Å². The van der Waals surface area contributed by atoms with Gasteiger partial charge in [0.15, 0.2) is 5.69 Å². The highest BCUT2D eigenvalue weighted by Crippen LogP contribution is 2.21. The van der Waals surface area contributed by atoms with Gasteiger partial charge in [-0.3, -0.25) is 0 Å². The third-order valence-corrected chi connectivity index (χ3v) is 4.47. The van der Waals surface area contributed by atoms with Gasteiger partial charge in [0.1, 0.15) is 23.1 Å². The lowest BCUT2D eigenvalue weighted by Gasteiger charge is -2.39. The fraction of sp³-hybridized carbons (Fsp3) is 0.652. The average Bonchev–Trinajstić information content (AvgIpc) is 2.59. The monoisotopic (exact) mass is 465 g/mol. The second kappa shape index (κ2) is 10.3. The molecule has 0 aromatic carbocycles. The third kappa shape index (κ3) is 8.78. The maximum Gasteiger partial charge on any atom is 0.410 e. The van der Waals surface area contributed by atoms with Crippen LogP contribution in [0.1, 0.15) is 59.0 Å². The predicted octanol–water partition coefficient (Wildman–Crippen LogP) is 3.65. The first-order valence-corrected chi connectivity index (χ1v) is 10.9. The maximum atomic E-state index is 11.7. The normalized spacial score (nSPS) is 16.6. The van der Waals surface area contributed by atoms with Gasteiger partial charge in [-0.15, -0.1) is 0 Å². The van der Waals surface area contributed by atoms with Crippen molar-refractivity contribution in [2.24, 2.45) is 5.92 Å². The topological polar surface area (TPSA) is 118 Å². The molecule has 1 N–H and O–H groups in total. The summed E-state index contributed by atoms with van der Waals surface area (Å²) in [6, 6.07) is 2.95. The first-order chi connectivity index (χ1) is 15.1. The molecule has 10 nitrogen and oxygen atoms in total. The molecular formula is C23H35N3O7. The summed E-state index contributed by atoms with van der Waals surface area (Å²) in [4.78, 5) is 40.8. The van der Waals surface area contributed by atoms with E-state index in [1.165, 1.54) is 17.2 Å². The van der Waals surface area contributed by atoms with Gasteiger partial charge in [-0.2, -0.15) is 0 Å². The summed E-state index contributed by atoms with van der Waals surface area (Å²) >= 11 is 0. The van der Waals surface area contributed by atoms with Crippen LogP contribution in [0.4, 0.5) is 9.59 Å².